The summed E-state index contributed by atoms with van der Waals surface area (Å²) in [5.41, 5.74) is -0.111. The van der Waals surface area contributed by atoms with Crippen LogP contribution in [0.15, 0.2) is 48.5 Å². The standard InChI is InChI=1S/C32H31FN6O5/c1-3-37-12-14-38(15-13-37)27-9-8-26(40)28(34-27)23-7-4-20(16-25(23)33)10-11-32(30(42)35-31(43)36-32)19-39-18-21-5-6-22(44-2)17-24(21)29(39)41/h4-9,16-17,40H,3,12-15,18-19H2,1-2H3,(H2,35,36,42,43). The highest BCUT2D eigenvalue weighted by Gasteiger charge is 2.48. The van der Waals surface area contributed by atoms with Crippen LogP contribution in [0, 0.1) is 17.7 Å². The van der Waals surface area contributed by atoms with Crippen LogP contribution in [-0.2, 0) is 11.3 Å². The number of ether oxygens (including phenoxy) is 1. The maximum Gasteiger partial charge on any atom is 0.323 e. The van der Waals surface area contributed by atoms with Gasteiger partial charge < -0.3 is 29.9 Å². The highest BCUT2D eigenvalue weighted by Crippen LogP contribution is 2.32. The van der Waals surface area contributed by atoms with E-state index < -0.39 is 23.3 Å². The number of anilines is 1. The molecule has 44 heavy (non-hydrogen) atoms. The molecule has 2 aromatic carbocycles. The summed E-state index contributed by atoms with van der Waals surface area (Å²) in [4.78, 5) is 48.7. The van der Waals surface area contributed by atoms with Gasteiger partial charge in [-0.25, -0.2) is 14.2 Å². The number of nitrogens with one attached hydrogen (secondary N) is 2. The Labute approximate surface area is 253 Å². The van der Waals surface area contributed by atoms with Crippen LogP contribution in [0.4, 0.5) is 15.0 Å². The van der Waals surface area contributed by atoms with E-state index >= 15 is 4.39 Å². The molecule has 11 nitrogen and oxygen atoms in total. The Hall–Kier alpha value is -5.15. The van der Waals surface area contributed by atoms with Crippen LogP contribution < -0.4 is 20.3 Å². The highest BCUT2D eigenvalue weighted by molar-refractivity contribution is 6.10. The summed E-state index contributed by atoms with van der Waals surface area (Å²) in [6.07, 6.45) is 0. The van der Waals surface area contributed by atoms with Gasteiger partial charge in [-0.2, -0.15) is 0 Å². The van der Waals surface area contributed by atoms with Gasteiger partial charge in [-0.05, 0) is 54.6 Å². The molecular weight excluding hydrogens is 567 g/mol. The lowest BCUT2D eigenvalue weighted by atomic mass is 9.98. The molecule has 0 spiro atoms. The summed E-state index contributed by atoms with van der Waals surface area (Å²) in [5.74, 6) is 4.90. The van der Waals surface area contributed by atoms with Gasteiger partial charge in [0.2, 0.25) is 5.54 Å². The topological polar surface area (TPSA) is 127 Å². The summed E-state index contributed by atoms with van der Waals surface area (Å²) in [6, 6.07) is 11.8. The molecule has 0 saturated carbocycles. The Bertz CT molecular complexity index is 1730. The molecule has 226 valence electrons. The van der Waals surface area contributed by atoms with Crippen molar-refractivity contribution >= 4 is 23.7 Å². The third-order valence-electron chi connectivity index (χ3n) is 8.21. The van der Waals surface area contributed by atoms with Gasteiger partial charge in [0.05, 0.1) is 13.7 Å². The minimum absolute atomic E-state index is 0.0968. The summed E-state index contributed by atoms with van der Waals surface area (Å²) < 4.78 is 20.7. The second kappa shape index (κ2) is 11.5. The first kappa shape index (κ1) is 28.9. The van der Waals surface area contributed by atoms with Crippen LogP contribution in [0.3, 0.4) is 0 Å². The van der Waals surface area contributed by atoms with E-state index in [0.717, 1.165) is 38.3 Å². The number of halogens is 1. The third-order valence-corrected chi connectivity index (χ3v) is 8.21. The molecule has 2 saturated heterocycles. The zero-order valence-electron chi connectivity index (χ0n) is 24.3. The van der Waals surface area contributed by atoms with E-state index in [9.17, 15) is 19.5 Å². The average molecular weight is 599 g/mol. The number of methoxy groups -OCH3 is 1. The van der Waals surface area contributed by atoms with Crippen molar-refractivity contribution in [1.29, 1.82) is 0 Å². The van der Waals surface area contributed by atoms with E-state index in [0.29, 0.717) is 17.1 Å². The smallest absolute Gasteiger partial charge is 0.323 e. The van der Waals surface area contributed by atoms with Crippen LogP contribution in [0.25, 0.3) is 11.3 Å². The van der Waals surface area contributed by atoms with Crippen LogP contribution in [-0.4, -0.2) is 89.7 Å². The molecule has 4 amide bonds. The molecule has 3 aliphatic rings. The number of carbonyl (C=O) groups excluding carboxylic acids is 3. The van der Waals surface area contributed by atoms with Crippen molar-refractivity contribution in [3.05, 3.63) is 71.0 Å². The van der Waals surface area contributed by atoms with Gasteiger partial charge >= 0.3 is 6.03 Å². The first-order chi connectivity index (χ1) is 21.2. The molecule has 4 heterocycles. The van der Waals surface area contributed by atoms with Crippen LogP contribution in [0.5, 0.6) is 11.5 Å². The Morgan fingerprint density at radius 2 is 1.84 bits per heavy atom. The fourth-order valence-electron chi connectivity index (χ4n) is 5.68. The van der Waals surface area contributed by atoms with Crippen molar-refractivity contribution in [1.82, 2.24) is 25.4 Å². The molecule has 3 aromatic rings. The van der Waals surface area contributed by atoms with E-state index in [-0.39, 0.29) is 41.6 Å². The highest BCUT2D eigenvalue weighted by atomic mass is 19.1. The zero-order valence-corrected chi connectivity index (χ0v) is 24.3. The number of rotatable bonds is 6. The number of hydrogen-bond acceptors (Lipinski definition) is 8. The van der Waals surface area contributed by atoms with Crippen molar-refractivity contribution in [3.63, 3.8) is 0 Å². The van der Waals surface area contributed by atoms with Crippen molar-refractivity contribution in [3.8, 4) is 34.6 Å². The van der Waals surface area contributed by atoms with Gasteiger partial charge in [0.15, 0.2) is 0 Å². The molecule has 6 rings (SSSR count). The molecule has 3 aliphatic heterocycles. The maximum atomic E-state index is 15.5. The summed E-state index contributed by atoms with van der Waals surface area (Å²) >= 11 is 0. The predicted octanol–water partition coefficient (Wildman–Crippen LogP) is 2.33. The number of aromatic nitrogens is 1. The largest absolute Gasteiger partial charge is 0.506 e. The molecule has 1 aromatic heterocycles. The van der Waals surface area contributed by atoms with Gasteiger partial charge in [-0.3, -0.25) is 14.9 Å². The monoisotopic (exact) mass is 598 g/mol. The van der Waals surface area contributed by atoms with Crippen LogP contribution in [0.1, 0.15) is 28.4 Å². The van der Waals surface area contributed by atoms with Gasteiger partial charge in [0.25, 0.3) is 11.8 Å². The number of piperazine rings is 1. The van der Waals surface area contributed by atoms with Gasteiger partial charge in [0, 0.05) is 49.4 Å². The Morgan fingerprint density at radius 3 is 2.52 bits per heavy atom. The maximum absolute atomic E-state index is 15.5. The van der Waals surface area contributed by atoms with E-state index in [1.54, 1.807) is 30.3 Å². The van der Waals surface area contributed by atoms with Gasteiger partial charge in [-0.15, -0.1) is 0 Å². The molecule has 2 fully saturated rings. The molecule has 12 heteroatoms. The summed E-state index contributed by atoms with van der Waals surface area (Å²) in [6.45, 7) is 6.43. The van der Waals surface area contributed by atoms with Crippen LogP contribution >= 0.6 is 0 Å². The summed E-state index contributed by atoms with van der Waals surface area (Å²) in [7, 11) is 1.50. The third kappa shape index (κ3) is 5.38. The van der Waals surface area contributed by atoms with Crippen LogP contribution in [0.2, 0.25) is 0 Å². The number of urea groups is 1. The molecule has 0 radical (unpaired) electrons. The number of imide groups is 1. The van der Waals surface area contributed by atoms with Crippen molar-refractivity contribution in [2.75, 3.05) is 51.3 Å². The fourth-order valence-corrected chi connectivity index (χ4v) is 5.68. The average Bonchev–Trinajstić information content (AvgIpc) is 3.49. The lowest BCUT2D eigenvalue weighted by molar-refractivity contribution is -0.122. The number of aromatic hydroxyl groups is 1. The molecule has 0 aliphatic carbocycles. The normalized spacial score (nSPS) is 19.8. The van der Waals surface area contributed by atoms with E-state index in [4.69, 9.17) is 4.74 Å². The second-order valence-corrected chi connectivity index (χ2v) is 10.9. The second-order valence-electron chi connectivity index (χ2n) is 10.9. The molecule has 1 unspecified atom stereocenters. The van der Waals surface area contributed by atoms with Gasteiger partial charge in [-0.1, -0.05) is 24.8 Å². The number of likely N-dealkylation sites (N-methyl/N-ethyl adjacent to an activating group) is 1. The summed E-state index contributed by atoms with van der Waals surface area (Å²) in [5, 5.41) is 15.3. The lowest BCUT2D eigenvalue weighted by Crippen LogP contribution is -2.54. The minimum atomic E-state index is -1.75. The van der Waals surface area contributed by atoms with Crippen molar-refractivity contribution < 1.29 is 28.6 Å². The number of fused-ring (bicyclic) bond motifs is 1. The number of hydrogen-bond donors (Lipinski definition) is 3. The lowest BCUT2D eigenvalue weighted by Gasteiger charge is -2.34. The fraction of sp³-hybridized carbons (Fsp3) is 0.312. The van der Waals surface area contributed by atoms with Crippen molar-refractivity contribution in [2.45, 2.75) is 19.0 Å². The molecule has 3 N–H and O–H groups in total. The predicted molar refractivity (Wildman–Crippen MR) is 160 cm³/mol. The van der Waals surface area contributed by atoms with E-state index in [2.05, 4.69) is 44.2 Å². The van der Waals surface area contributed by atoms with E-state index in [1.807, 2.05) is 0 Å². The Balaban J connectivity index is 1.25. The van der Waals surface area contributed by atoms with Gasteiger partial charge in [0.1, 0.15) is 28.8 Å². The van der Waals surface area contributed by atoms with E-state index in [1.165, 1.54) is 30.2 Å². The Morgan fingerprint density at radius 1 is 1.05 bits per heavy atom. The number of nitrogens with zero attached hydrogens (tertiary/aromatic N) is 4. The first-order valence-corrected chi connectivity index (χ1v) is 14.3. The Kier molecular flexibility index (Phi) is 7.57. The molecule has 0 bridgehead atoms. The number of carbonyl (C=O) groups is 3. The first-order valence-electron chi connectivity index (χ1n) is 14.3. The molecular formula is C32H31FN6O5. The zero-order chi connectivity index (χ0) is 31.0. The molecule has 1 atom stereocenters. The minimum Gasteiger partial charge on any atom is -0.506 e. The quantitative estimate of drug-likeness (QED) is 0.292. The SMILES string of the molecule is CCN1CCN(c2ccc(O)c(-c3ccc(C#CC4(CN5Cc6ccc(OC)cc6C5=O)NC(=O)NC4=O)cc3F)n2)CC1. The van der Waals surface area contributed by atoms with Crippen molar-refractivity contribution in [2.24, 2.45) is 0 Å². The number of pyridine rings is 1. The number of amides is 4. The number of benzene rings is 2.